The lowest BCUT2D eigenvalue weighted by molar-refractivity contribution is -0.384. The molecule has 2 N–H and O–H groups in total. The number of benzene rings is 3. The Balaban J connectivity index is 1.66. The number of halogens is 1. The fourth-order valence-electron chi connectivity index (χ4n) is 3.49. The second-order valence-electron chi connectivity index (χ2n) is 6.85. The number of sulfonamides is 1. The number of carbonyl (C=O) groups is 1. The minimum absolute atomic E-state index is 0.0271. The van der Waals surface area contributed by atoms with Crippen molar-refractivity contribution < 1.29 is 22.9 Å². The Labute approximate surface area is 185 Å². The van der Waals surface area contributed by atoms with Crippen molar-refractivity contribution in [1.82, 2.24) is 4.72 Å². The number of methoxy groups -OCH3 is 1. The first-order valence-electron chi connectivity index (χ1n) is 9.02. The van der Waals surface area contributed by atoms with Gasteiger partial charge in [0.25, 0.3) is 11.6 Å². The van der Waals surface area contributed by atoms with E-state index < -0.39 is 19.5 Å². The summed E-state index contributed by atoms with van der Waals surface area (Å²) in [6, 6.07) is 13.5. The van der Waals surface area contributed by atoms with Crippen molar-refractivity contribution in [3.63, 3.8) is 0 Å². The summed E-state index contributed by atoms with van der Waals surface area (Å²) < 4.78 is 33.0. The minimum atomic E-state index is -3.99. The fourth-order valence-corrected chi connectivity index (χ4v) is 5.33. The second kappa shape index (κ2) is 7.68. The van der Waals surface area contributed by atoms with Gasteiger partial charge in [0, 0.05) is 41.3 Å². The lowest BCUT2D eigenvalue weighted by Gasteiger charge is -2.27. The zero-order valence-electron chi connectivity index (χ0n) is 16.1. The van der Waals surface area contributed by atoms with Gasteiger partial charge < -0.3 is 10.1 Å². The molecule has 31 heavy (non-hydrogen) atoms. The van der Waals surface area contributed by atoms with Gasteiger partial charge in [-0.3, -0.25) is 14.9 Å². The third-order valence-corrected chi connectivity index (χ3v) is 7.63. The SMILES string of the molecule is COC(Br)(CNS(=O)(=O)c1ccc2c3c(cccc13)C(=O)N2)c1ccc([N+](=O)[O-])cc1. The van der Waals surface area contributed by atoms with Crippen molar-refractivity contribution in [3.05, 3.63) is 75.8 Å². The van der Waals surface area contributed by atoms with Gasteiger partial charge in [-0.05, 0) is 51.8 Å². The predicted octanol–water partition coefficient (Wildman–Crippen LogP) is 3.49. The Morgan fingerprint density at radius 1 is 1.16 bits per heavy atom. The van der Waals surface area contributed by atoms with E-state index in [0.717, 1.165) is 0 Å². The van der Waals surface area contributed by atoms with Crippen LogP contribution in [0.2, 0.25) is 0 Å². The van der Waals surface area contributed by atoms with Crippen LogP contribution in [0.1, 0.15) is 15.9 Å². The van der Waals surface area contributed by atoms with E-state index in [2.05, 4.69) is 26.0 Å². The highest BCUT2D eigenvalue weighted by molar-refractivity contribution is 9.09. The van der Waals surface area contributed by atoms with Crippen LogP contribution in [0.3, 0.4) is 0 Å². The van der Waals surface area contributed by atoms with E-state index in [1.807, 2.05) is 0 Å². The van der Waals surface area contributed by atoms with Crippen LogP contribution in [0.5, 0.6) is 0 Å². The molecule has 0 saturated heterocycles. The summed E-state index contributed by atoms with van der Waals surface area (Å²) in [6.07, 6.45) is 0. The molecule has 4 rings (SSSR count). The minimum Gasteiger partial charge on any atom is -0.361 e. The highest BCUT2D eigenvalue weighted by Gasteiger charge is 2.33. The number of nitro groups is 1. The maximum Gasteiger partial charge on any atom is 0.269 e. The van der Waals surface area contributed by atoms with Crippen LogP contribution in [-0.4, -0.2) is 32.9 Å². The molecule has 0 spiro atoms. The number of anilines is 1. The van der Waals surface area contributed by atoms with E-state index in [1.165, 1.54) is 37.4 Å². The number of hydrogen-bond donors (Lipinski definition) is 2. The molecular formula is C20H16BrN3O6S. The molecule has 0 saturated carbocycles. The number of rotatable bonds is 7. The molecule has 160 valence electrons. The molecule has 1 amide bonds. The Bertz CT molecular complexity index is 1330. The molecule has 3 aromatic carbocycles. The summed E-state index contributed by atoms with van der Waals surface area (Å²) in [5.41, 5.74) is 1.39. The first-order chi connectivity index (χ1) is 14.7. The first-order valence-corrected chi connectivity index (χ1v) is 11.3. The predicted molar refractivity (Wildman–Crippen MR) is 118 cm³/mol. The van der Waals surface area contributed by atoms with Crippen molar-refractivity contribution in [3.8, 4) is 0 Å². The first kappa shape index (κ1) is 21.4. The number of nitrogens with zero attached hydrogens (tertiary/aromatic N) is 1. The number of nitrogens with one attached hydrogen (secondary N) is 2. The Morgan fingerprint density at radius 3 is 2.52 bits per heavy atom. The number of non-ortho nitro benzene ring substituents is 1. The Hall–Kier alpha value is -2.86. The topological polar surface area (TPSA) is 128 Å². The number of amides is 1. The molecule has 9 nitrogen and oxygen atoms in total. The molecule has 1 atom stereocenters. The molecular weight excluding hydrogens is 490 g/mol. The lowest BCUT2D eigenvalue weighted by atomic mass is 10.1. The van der Waals surface area contributed by atoms with E-state index in [9.17, 15) is 23.3 Å². The molecule has 0 aliphatic carbocycles. The summed E-state index contributed by atoms with van der Waals surface area (Å²) >= 11 is 3.40. The van der Waals surface area contributed by atoms with Crippen LogP contribution in [0.4, 0.5) is 11.4 Å². The van der Waals surface area contributed by atoms with Gasteiger partial charge in [-0.2, -0.15) is 0 Å². The number of nitro benzene ring substituents is 1. The van der Waals surface area contributed by atoms with Crippen LogP contribution in [-0.2, 0) is 19.3 Å². The van der Waals surface area contributed by atoms with Crippen molar-refractivity contribution in [2.24, 2.45) is 0 Å². The largest absolute Gasteiger partial charge is 0.361 e. The highest BCUT2D eigenvalue weighted by Crippen LogP contribution is 2.37. The van der Waals surface area contributed by atoms with E-state index in [0.29, 0.717) is 27.6 Å². The normalized spacial score (nSPS) is 15.0. The number of ether oxygens (including phenoxy) is 1. The average molecular weight is 506 g/mol. The van der Waals surface area contributed by atoms with Gasteiger partial charge in [-0.15, -0.1) is 0 Å². The van der Waals surface area contributed by atoms with Crippen molar-refractivity contribution in [1.29, 1.82) is 0 Å². The third kappa shape index (κ3) is 3.69. The van der Waals surface area contributed by atoms with Crippen LogP contribution < -0.4 is 10.0 Å². The van der Waals surface area contributed by atoms with Gasteiger partial charge in [-0.25, -0.2) is 13.1 Å². The quantitative estimate of drug-likeness (QED) is 0.287. The van der Waals surface area contributed by atoms with Crippen molar-refractivity contribution in [2.45, 2.75) is 9.41 Å². The standard InChI is InChI=1S/C20H16BrN3O6S/c1-30-20(21,12-5-7-13(8-6-12)24(26)27)11-22-31(28,29)17-10-9-16-18-14(17)3-2-4-15(18)19(25)23-16/h2-10,22H,11H2,1H3,(H,23,25). The van der Waals surface area contributed by atoms with Crippen molar-refractivity contribution in [2.75, 3.05) is 19.0 Å². The summed E-state index contributed by atoms with van der Waals surface area (Å²) in [7, 11) is -2.60. The smallest absolute Gasteiger partial charge is 0.269 e. The molecule has 1 unspecified atom stereocenters. The summed E-state index contributed by atoms with van der Waals surface area (Å²) in [6.45, 7) is -0.191. The molecule has 0 fully saturated rings. The average Bonchev–Trinajstić information content (AvgIpc) is 3.09. The van der Waals surface area contributed by atoms with Crippen LogP contribution in [0, 0.1) is 10.1 Å². The zero-order chi connectivity index (χ0) is 22.4. The third-order valence-electron chi connectivity index (χ3n) is 5.11. The second-order valence-corrected chi connectivity index (χ2v) is 9.87. The van der Waals surface area contributed by atoms with Crippen LogP contribution in [0.15, 0.2) is 59.5 Å². The zero-order valence-corrected chi connectivity index (χ0v) is 18.5. The molecule has 1 aliphatic rings. The number of alkyl halides is 1. The van der Waals surface area contributed by atoms with Crippen LogP contribution >= 0.6 is 15.9 Å². The van der Waals surface area contributed by atoms with Gasteiger partial charge in [0.1, 0.15) is 0 Å². The Kier molecular flexibility index (Phi) is 5.30. The van der Waals surface area contributed by atoms with Crippen LogP contribution in [0.25, 0.3) is 10.8 Å². The van der Waals surface area contributed by atoms with Gasteiger partial charge in [0.05, 0.1) is 16.4 Å². The molecule has 0 radical (unpaired) electrons. The van der Waals surface area contributed by atoms with Crippen molar-refractivity contribution >= 4 is 54.0 Å². The molecule has 0 aromatic heterocycles. The number of hydrogen-bond acceptors (Lipinski definition) is 6. The maximum absolute atomic E-state index is 13.1. The number of carbonyl (C=O) groups excluding carboxylic acids is 1. The summed E-state index contributed by atoms with van der Waals surface area (Å²) in [4.78, 5) is 22.5. The van der Waals surface area contributed by atoms with E-state index >= 15 is 0 Å². The molecule has 3 aromatic rings. The van der Waals surface area contributed by atoms with E-state index in [4.69, 9.17) is 4.74 Å². The lowest BCUT2D eigenvalue weighted by Crippen LogP contribution is -2.38. The van der Waals surface area contributed by atoms with Gasteiger partial charge in [0.15, 0.2) is 4.51 Å². The van der Waals surface area contributed by atoms with Gasteiger partial charge in [-0.1, -0.05) is 12.1 Å². The Morgan fingerprint density at radius 2 is 1.87 bits per heavy atom. The van der Waals surface area contributed by atoms with E-state index in [-0.39, 0.29) is 23.0 Å². The van der Waals surface area contributed by atoms with E-state index in [1.54, 1.807) is 24.3 Å². The summed E-state index contributed by atoms with van der Waals surface area (Å²) in [5, 5.41) is 14.6. The molecule has 0 bridgehead atoms. The fraction of sp³-hybridized carbons (Fsp3) is 0.150. The molecule has 1 heterocycles. The summed E-state index contributed by atoms with van der Waals surface area (Å²) in [5.74, 6) is -0.278. The van der Waals surface area contributed by atoms with Gasteiger partial charge in [0.2, 0.25) is 10.0 Å². The van der Waals surface area contributed by atoms with Gasteiger partial charge >= 0.3 is 0 Å². The molecule has 11 heteroatoms. The maximum atomic E-state index is 13.1. The monoisotopic (exact) mass is 505 g/mol. The highest BCUT2D eigenvalue weighted by atomic mass is 79.9. The molecule has 1 aliphatic heterocycles.